The topological polar surface area (TPSA) is 94.8 Å². The number of halogens is 2. The van der Waals surface area contributed by atoms with Gasteiger partial charge in [0.25, 0.3) is 5.56 Å². The third-order valence-corrected chi connectivity index (χ3v) is 7.62. The lowest BCUT2D eigenvalue weighted by molar-refractivity contribution is -0.126. The first-order valence-electron chi connectivity index (χ1n) is 14.7. The van der Waals surface area contributed by atoms with Gasteiger partial charge < -0.3 is 25.0 Å². The number of likely N-dealkylation sites (N-methyl/N-ethyl adjacent to an activating group) is 1. The van der Waals surface area contributed by atoms with E-state index in [4.69, 9.17) is 0 Å². The summed E-state index contributed by atoms with van der Waals surface area (Å²) in [5.74, 6) is -2.23. The van der Waals surface area contributed by atoms with Crippen LogP contribution in [0.4, 0.5) is 8.78 Å². The van der Waals surface area contributed by atoms with E-state index in [9.17, 15) is 24.2 Å². The average Bonchev–Trinajstić information content (AvgIpc) is 2.88. The van der Waals surface area contributed by atoms with Gasteiger partial charge in [-0.25, -0.2) is 8.78 Å². The van der Waals surface area contributed by atoms with Gasteiger partial charge in [-0.1, -0.05) is 31.5 Å². The molecule has 0 aliphatic rings. The predicted octanol–water partition coefficient (Wildman–Crippen LogP) is 5.28. The fourth-order valence-corrected chi connectivity index (χ4v) is 5.71. The van der Waals surface area contributed by atoms with Crippen LogP contribution in [0.25, 0.3) is 11.1 Å². The van der Waals surface area contributed by atoms with Crippen LogP contribution in [0.15, 0.2) is 41.3 Å². The Morgan fingerprint density at radius 1 is 0.953 bits per heavy atom. The summed E-state index contributed by atoms with van der Waals surface area (Å²) in [7, 11) is 3.77. The maximum atomic E-state index is 15.7. The number of benzene rings is 2. The van der Waals surface area contributed by atoms with Gasteiger partial charge in [0, 0.05) is 24.7 Å². The van der Waals surface area contributed by atoms with E-state index < -0.39 is 47.9 Å². The van der Waals surface area contributed by atoms with Crippen LogP contribution in [0.3, 0.4) is 0 Å². The van der Waals surface area contributed by atoms with Crippen molar-refractivity contribution < 1.29 is 23.8 Å². The smallest absolute Gasteiger partial charge is 0.287 e. The first kappa shape index (κ1) is 34.1. The summed E-state index contributed by atoms with van der Waals surface area (Å²) in [5.41, 5.74) is 4.84. The van der Waals surface area contributed by atoms with Gasteiger partial charge in [-0.3, -0.25) is 9.59 Å². The zero-order chi connectivity index (χ0) is 32.2. The molecule has 0 saturated heterocycles. The molecule has 1 aromatic heterocycles. The molecule has 1 unspecified atom stereocenters. The lowest BCUT2D eigenvalue weighted by atomic mass is 9.89. The van der Waals surface area contributed by atoms with E-state index in [0.29, 0.717) is 24.1 Å². The first-order valence-corrected chi connectivity index (χ1v) is 14.7. The van der Waals surface area contributed by atoms with E-state index in [1.165, 1.54) is 12.3 Å². The number of hydrogen-bond acceptors (Lipinski definition) is 5. The number of aromatic nitrogens is 1. The molecule has 7 nitrogen and oxygen atoms in total. The van der Waals surface area contributed by atoms with Crippen LogP contribution in [-0.4, -0.2) is 52.5 Å². The molecular weight excluding hydrogens is 552 g/mol. The predicted molar refractivity (Wildman–Crippen MR) is 166 cm³/mol. The monoisotopic (exact) mass is 597 g/mol. The van der Waals surface area contributed by atoms with E-state index in [-0.39, 0.29) is 17.9 Å². The molecule has 43 heavy (non-hydrogen) atoms. The van der Waals surface area contributed by atoms with Crippen LogP contribution in [0.1, 0.15) is 72.2 Å². The van der Waals surface area contributed by atoms with Gasteiger partial charge in [-0.15, -0.1) is 0 Å². The number of aliphatic hydroxyl groups is 2. The van der Waals surface area contributed by atoms with Gasteiger partial charge in [-0.05, 0) is 112 Å². The molecule has 3 aromatic rings. The molecule has 2 atom stereocenters. The number of nitrogens with one attached hydrogen (secondary N) is 1. The molecule has 0 bridgehead atoms. The molecule has 2 aromatic carbocycles. The van der Waals surface area contributed by atoms with Crippen LogP contribution in [0.5, 0.6) is 0 Å². The van der Waals surface area contributed by atoms with Gasteiger partial charge in [-0.2, -0.15) is 0 Å². The molecule has 3 rings (SSSR count). The normalized spacial score (nSPS) is 13.2. The number of aryl methyl sites for hydroxylation is 4. The third-order valence-electron chi connectivity index (χ3n) is 7.62. The van der Waals surface area contributed by atoms with Crippen molar-refractivity contribution in [3.63, 3.8) is 0 Å². The number of hydrogen-bond donors (Lipinski definition) is 3. The Morgan fingerprint density at radius 3 is 2.14 bits per heavy atom. The van der Waals surface area contributed by atoms with E-state index in [2.05, 4.69) is 5.32 Å². The summed E-state index contributed by atoms with van der Waals surface area (Å²) in [6.07, 6.45) is -0.0622. The second-order valence-corrected chi connectivity index (χ2v) is 12.4. The molecule has 0 aliphatic heterocycles. The van der Waals surface area contributed by atoms with E-state index in [1.54, 1.807) is 19.1 Å². The summed E-state index contributed by atoms with van der Waals surface area (Å²) in [6, 6.07) is 6.40. The van der Waals surface area contributed by atoms with Crippen molar-refractivity contribution in [3.8, 4) is 11.1 Å². The maximum absolute atomic E-state index is 15.7. The van der Waals surface area contributed by atoms with Crippen molar-refractivity contribution in [2.24, 2.45) is 5.92 Å². The summed E-state index contributed by atoms with van der Waals surface area (Å²) in [4.78, 5) is 28.8. The molecule has 0 saturated carbocycles. The molecule has 0 fully saturated rings. The molecule has 0 spiro atoms. The van der Waals surface area contributed by atoms with Crippen LogP contribution in [0, 0.1) is 45.2 Å². The average molecular weight is 598 g/mol. The summed E-state index contributed by atoms with van der Waals surface area (Å²) in [6.45, 7) is 12.0. The van der Waals surface area contributed by atoms with Gasteiger partial charge in [0.2, 0.25) is 5.91 Å². The van der Waals surface area contributed by atoms with Crippen molar-refractivity contribution in [1.29, 1.82) is 0 Å². The highest BCUT2D eigenvalue weighted by Gasteiger charge is 2.29. The number of amides is 1. The SMILES string of the molecule is Cc1cc(C)c(-c2cc(C)c(F)c([C@H](CC(O)O)NC(=O)C(CC(C)C)n3cc(CCN(C)C)cc(F)c3=O)c2)c(C)c1. The first-order chi connectivity index (χ1) is 20.1. The van der Waals surface area contributed by atoms with Crippen LogP contribution < -0.4 is 10.9 Å². The van der Waals surface area contributed by atoms with Crippen LogP contribution >= 0.6 is 0 Å². The Morgan fingerprint density at radius 2 is 1.58 bits per heavy atom. The molecule has 9 heteroatoms. The molecule has 234 valence electrons. The van der Waals surface area contributed by atoms with Crippen LogP contribution in [-0.2, 0) is 11.2 Å². The zero-order valence-corrected chi connectivity index (χ0v) is 26.5. The highest BCUT2D eigenvalue weighted by Crippen LogP contribution is 2.34. The number of carbonyl (C=O) groups is 1. The van der Waals surface area contributed by atoms with Crippen molar-refractivity contribution in [3.05, 3.63) is 91.9 Å². The third kappa shape index (κ3) is 8.59. The minimum atomic E-state index is -1.85. The molecular formula is C34H45F2N3O4. The number of pyridine rings is 1. The minimum absolute atomic E-state index is 0.0483. The van der Waals surface area contributed by atoms with E-state index in [0.717, 1.165) is 32.4 Å². The number of nitrogens with zero attached hydrogens (tertiary/aromatic N) is 2. The van der Waals surface area contributed by atoms with Gasteiger partial charge in [0.1, 0.15) is 11.9 Å². The van der Waals surface area contributed by atoms with Crippen molar-refractivity contribution in [2.75, 3.05) is 20.6 Å². The van der Waals surface area contributed by atoms with Crippen molar-refractivity contribution in [2.45, 2.75) is 79.2 Å². The molecule has 1 amide bonds. The Bertz CT molecular complexity index is 1490. The summed E-state index contributed by atoms with van der Waals surface area (Å²) >= 11 is 0. The number of carbonyl (C=O) groups excluding carboxylic acids is 1. The zero-order valence-electron chi connectivity index (χ0n) is 26.5. The highest BCUT2D eigenvalue weighted by molar-refractivity contribution is 5.81. The van der Waals surface area contributed by atoms with E-state index in [1.807, 2.05) is 65.7 Å². The highest BCUT2D eigenvalue weighted by atomic mass is 19.1. The second-order valence-electron chi connectivity index (χ2n) is 12.4. The minimum Gasteiger partial charge on any atom is -0.368 e. The summed E-state index contributed by atoms with van der Waals surface area (Å²) < 4.78 is 31.7. The lowest BCUT2D eigenvalue weighted by Crippen LogP contribution is -2.41. The van der Waals surface area contributed by atoms with E-state index >= 15 is 4.39 Å². The largest absolute Gasteiger partial charge is 0.368 e. The van der Waals surface area contributed by atoms with Crippen molar-refractivity contribution >= 4 is 5.91 Å². The number of rotatable bonds is 12. The maximum Gasteiger partial charge on any atom is 0.287 e. The van der Waals surface area contributed by atoms with Gasteiger partial charge >= 0.3 is 0 Å². The molecule has 0 aliphatic carbocycles. The Kier molecular flexibility index (Phi) is 11.4. The quantitative estimate of drug-likeness (QED) is 0.247. The molecule has 0 radical (unpaired) electrons. The Labute approximate surface area is 253 Å². The fourth-order valence-electron chi connectivity index (χ4n) is 5.71. The summed E-state index contributed by atoms with van der Waals surface area (Å²) in [5, 5.41) is 22.7. The lowest BCUT2D eigenvalue weighted by Gasteiger charge is -2.27. The Hall–Kier alpha value is -3.40. The molecule has 3 N–H and O–H groups in total. The van der Waals surface area contributed by atoms with Crippen molar-refractivity contribution in [1.82, 2.24) is 14.8 Å². The van der Waals surface area contributed by atoms with Gasteiger partial charge in [0.15, 0.2) is 12.1 Å². The van der Waals surface area contributed by atoms with Crippen LogP contribution in [0.2, 0.25) is 0 Å². The number of aliphatic hydroxyl groups excluding tert-OH is 1. The standard InChI is InChI=1S/C34H45F2N3O4/c1-19(2)11-29(39-18-24(9-10-38(7)8)15-27(35)34(39)43)33(42)37-28(17-30(40)41)26-16-25(14-23(6)32(26)36)31-21(4)12-20(3)13-22(31)5/h12-16,18-19,28-30,40-41H,9-11,17H2,1-8H3,(H,37,42)/t28-,29?/m0/s1. The Balaban J connectivity index is 2.10. The fraction of sp³-hybridized carbons (Fsp3) is 0.471. The van der Waals surface area contributed by atoms with Gasteiger partial charge in [0.05, 0.1) is 6.04 Å². The molecule has 1 heterocycles. The second kappa shape index (κ2) is 14.4.